The maximum Gasteiger partial charge on any atom is 0.372 e. The number of unbranched alkanes of at least 4 members (excludes halogenated alkanes) is 1. The zero-order valence-electron chi connectivity index (χ0n) is 9.81. The molecule has 92 valence electrons. The highest BCUT2D eigenvalue weighted by molar-refractivity contribution is 6.33. The minimum Gasteiger partial charge on any atom is -0.494 e. The molecule has 4 nitrogen and oxygen atoms in total. The first-order valence-electron chi connectivity index (χ1n) is 5.61. The number of carboxylic acids is 1. The minimum absolute atomic E-state index is 0.0969. The Morgan fingerprint density at radius 2 is 2.12 bits per heavy atom. The number of Topliss-reactive ketones (excluding diaryl/α,β-unsaturated/α-hetero) is 1. The summed E-state index contributed by atoms with van der Waals surface area (Å²) in [7, 11) is 0. The van der Waals surface area contributed by atoms with Crippen molar-refractivity contribution in [1.82, 2.24) is 0 Å². The monoisotopic (exact) mass is 236 g/mol. The number of aliphatic carboxylic acids is 1. The van der Waals surface area contributed by atoms with Crippen molar-refractivity contribution in [3.63, 3.8) is 0 Å². The second-order valence-corrected chi connectivity index (χ2v) is 3.75. The van der Waals surface area contributed by atoms with Gasteiger partial charge in [-0.2, -0.15) is 0 Å². The summed E-state index contributed by atoms with van der Waals surface area (Å²) in [6.45, 7) is 2.71. The molecule has 1 rings (SSSR count). The second kappa shape index (κ2) is 6.68. The van der Waals surface area contributed by atoms with Crippen molar-refractivity contribution in [1.29, 1.82) is 0 Å². The molecule has 1 aromatic carbocycles. The summed E-state index contributed by atoms with van der Waals surface area (Å²) in [6, 6.07) is 6.97. The Labute approximate surface area is 100 Å². The van der Waals surface area contributed by atoms with Crippen LogP contribution < -0.4 is 4.74 Å². The molecule has 0 aromatic heterocycles. The third kappa shape index (κ3) is 4.68. The molecule has 0 saturated carbocycles. The van der Waals surface area contributed by atoms with Crippen molar-refractivity contribution in [3.05, 3.63) is 29.8 Å². The van der Waals surface area contributed by atoms with E-state index in [1.165, 1.54) is 0 Å². The van der Waals surface area contributed by atoms with Gasteiger partial charge in [-0.1, -0.05) is 25.5 Å². The fourth-order valence-corrected chi connectivity index (χ4v) is 1.34. The average Bonchev–Trinajstić information content (AvgIpc) is 2.30. The molecule has 0 fully saturated rings. The first kappa shape index (κ1) is 13.2. The molecule has 0 amide bonds. The number of benzene rings is 1. The zero-order valence-corrected chi connectivity index (χ0v) is 9.81. The van der Waals surface area contributed by atoms with Gasteiger partial charge in [0.05, 0.1) is 6.61 Å². The van der Waals surface area contributed by atoms with Gasteiger partial charge >= 0.3 is 5.97 Å². The molecule has 0 aliphatic heterocycles. The van der Waals surface area contributed by atoms with Crippen molar-refractivity contribution < 1.29 is 19.4 Å². The largest absolute Gasteiger partial charge is 0.494 e. The van der Waals surface area contributed by atoms with E-state index < -0.39 is 11.8 Å². The summed E-state index contributed by atoms with van der Waals surface area (Å²) in [5.41, 5.74) is 0.659. The van der Waals surface area contributed by atoms with E-state index in [1.54, 1.807) is 24.3 Å². The van der Waals surface area contributed by atoms with Crippen molar-refractivity contribution in [2.24, 2.45) is 0 Å². The van der Waals surface area contributed by atoms with Crippen molar-refractivity contribution in [2.75, 3.05) is 6.61 Å². The van der Waals surface area contributed by atoms with Gasteiger partial charge in [-0.25, -0.2) is 4.79 Å². The lowest BCUT2D eigenvalue weighted by molar-refractivity contribution is -0.148. The number of hydrogen-bond acceptors (Lipinski definition) is 3. The zero-order chi connectivity index (χ0) is 12.7. The maximum atomic E-state index is 11.0. The summed E-state index contributed by atoms with van der Waals surface area (Å²) in [6.07, 6.45) is 1.93. The molecule has 0 unspecified atom stereocenters. The van der Waals surface area contributed by atoms with Crippen molar-refractivity contribution in [3.8, 4) is 5.75 Å². The summed E-state index contributed by atoms with van der Waals surface area (Å²) < 4.78 is 5.47. The lowest BCUT2D eigenvalue weighted by atomic mass is 10.1. The molecule has 1 N–H and O–H groups in total. The van der Waals surface area contributed by atoms with Gasteiger partial charge in [-0.05, 0) is 24.1 Å². The molecule has 0 radical (unpaired) electrons. The third-order valence-corrected chi connectivity index (χ3v) is 2.27. The van der Waals surface area contributed by atoms with E-state index in [-0.39, 0.29) is 6.42 Å². The lowest BCUT2D eigenvalue weighted by Crippen LogP contribution is -2.15. The van der Waals surface area contributed by atoms with Gasteiger partial charge in [0.25, 0.3) is 0 Å². The Morgan fingerprint density at radius 3 is 2.76 bits per heavy atom. The van der Waals surface area contributed by atoms with Crippen LogP contribution in [0.15, 0.2) is 24.3 Å². The highest BCUT2D eigenvalue weighted by Gasteiger charge is 2.12. The summed E-state index contributed by atoms with van der Waals surface area (Å²) in [5, 5.41) is 8.51. The van der Waals surface area contributed by atoms with Crippen molar-refractivity contribution in [2.45, 2.75) is 26.2 Å². The molecular formula is C13H16O4. The summed E-state index contributed by atoms with van der Waals surface area (Å²) >= 11 is 0. The molecule has 0 atom stereocenters. The molecule has 0 saturated heterocycles. The summed E-state index contributed by atoms with van der Waals surface area (Å²) in [5.74, 6) is -1.54. The van der Waals surface area contributed by atoms with Gasteiger partial charge in [0.1, 0.15) is 5.75 Å². The topological polar surface area (TPSA) is 63.6 Å². The van der Waals surface area contributed by atoms with Gasteiger partial charge in [0.15, 0.2) is 0 Å². The van der Waals surface area contributed by atoms with E-state index in [9.17, 15) is 9.59 Å². The molecule has 4 heteroatoms. The molecule has 0 aliphatic carbocycles. The van der Waals surface area contributed by atoms with E-state index in [4.69, 9.17) is 9.84 Å². The van der Waals surface area contributed by atoms with Crippen LogP contribution in [0, 0.1) is 0 Å². The summed E-state index contributed by atoms with van der Waals surface area (Å²) in [4.78, 5) is 21.5. The maximum absolute atomic E-state index is 11.0. The number of carbonyl (C=O) groups is 2. The van der Waals surface area contributed by atoms with Gasteiger partial charge in [-0.15, -0.1) is 0 Å². The van der Waals surface area contributed by atoms with Crippen LogP contribution in [0.4, 0.5) is 0 Å². The fraction of sp³-hybridized carbons (Fsp3) is 0.385. The van der Waals surface area contributed by atoms with Crippen LogP contribution in [-0.2, 0) is 16.0 Å². The first-order chi connectivity index (χ1) is 8.13. The minimum atomic E-state index is -1.40. The number of ketones is 1. The van der Waals surface area contributed by atoms with E-state index >= 15 is 0 Å². The smallest absolute Gasteiger partial charge is 0.372 e. The Hall–Kier alpha value is -1.84. The van der Waals surface area contributed by atoms with Crippen molar-refractivity contribution >= 4 is 11.8 Å². The van der Waals surface area contributed by atoms with Crippen LogP contribution in [0.25, 0.3) is 0 Å². The highest BCUT2D eigenvalue weighted by atomic mass is 16.5. The number of ether oxygens (including phenoxy) is 1. The van der Waals surface area contributed by atoms with Crippen LogP contribution in [0.2, 0.25) is 0 Å². The van der Waals surface area contributed by atoms with Crippen LogP contribution in [0.5, 0.6) is 5.75 Å². The van der Waals surface area contributed by atoms with Gasteiger partial charge in [0.2, 0.25) is 5.78 Å². The molecule has 0 heterocycles. The van der Waals surface area contributed by atoms with Crippen LogP contribution >= 0.6 is 0 Å². The lowest BCUT2D eigenvalue weighted by Gasteiger charge is -2.06. The second-order valence-electron chi connectivity index (χ2n) is 3.75. The number of carboxylic acid groups (broad SMARTS) is 1. The van der Waals surface area contributed by atoms with E-state index in [2.05, 4.69) is 6.92 Å². The Kier molecular flexibility index (Phi) is 5.20. The third-order valence-electron chi connectivity index (χ3n) is 2.27. The van der Waals surface area contributed by atoms with Gasteiger partial charge < -0.3 is 9.84 Å². The van der Waals surface area contributed by atoms with Crippen LogP contribution in [-0.4, -0.2) is 23.5 Å². The first-order valence-corrected chi connectivity index (χ1v) is 5.61. The number of hydrogen-bond donors (Lipinski definition) is 1. The quantitative estimate of drug-likeness (QED) is 0.581. The van der Waals surface area contributed by atoms with Crippen LogP contribution in [0.3, 0.4) is 0 Å². The van der Waals surface area contributed by atoms with Gasteiger partial charge in [0, 0.05) is 6.42 Å². The Balaban J connectivity index is 2.59. The normalized spacial score (nSPS) is 9.94. The predicted molar refractivity (Wildman–Crippen MR) is 63.2 cm³/mol. The predicted octanol–water partition coefficient (Wildman–Crippen LogP) is 2.06. The fourth-order valence-electron chi connectivity index (χ4n) is 1.34. The molecule has 0 spiro atoms. The SMILES string of the molecule is CCCCOc1cccc(CC(=O)C(=O)O)c1. The highest BCUT2D eigenvalue weighted by Crippen LogP contribution is 2.14. The number of carbonyl (C=O) groups excluding carboxylic acids is 1. The number of rotatable bonds is 7. The molecule has 0 aliphatic rings. The molecular weight excluding hydrogens is 220 g/mol. The molecule has 17 heavy (non-hydrogen) atoms. The molecule has 1 aromatic rings. The van der Waals surface area contributed by atoms with Gasteiger partial charge in [-0.3, -0.25) is 4.79 Å². The average molecular weight is 236 g/mol. The standard InChI is InChI=1S/C13H16O4/c1-2-3-7-17-11-6-4-5-10(8-11)9-12(14)13(15)16/h4-6,8H,2-3,7,9H2,1H3,(H,15,16). The molecule has 0 bridgehead atoms. The van der Waals surface area contributed by atoms with E-state index in [0.29, 0.717) is 17.9 Å². The Bertz CT molecular complexity index is 398. The Morgan fingerprint density at radius 1 is 1.35 bits per heavy atom. The van der Waals surface area contributed by atoms with E-state index in [0.717, 1.165) is 12.8 Å². The van der Waals surface area contributed by atoms with E-state index in [1.807, 2.05) is 0 Å². The van der Waals surface area contributed by atoms with Crippen LogP contribution in [0.1, 0.15) is 25.3 Å².